The van der Waals surface area contributed by atoms with Gasteiger partial charge in [0.15, 0.2) is 5.78 Å². The monoisotopic (exact) mass is 199 g/mol. The second-order valence-electron chi connectivity index (χ2n) is 2.62. The van der Waals surface area contributed by atoms with Crippen molar-refractivity contribution in [1.82, 2.24) is 0 Å². The maximum Gasteiger partial charge on any atom is 0.192 e. The number of Topliss-reactive ketones (excluding diaryl/α,β-unsaturated/α-hetero) is 1. The second-order valence-corrected chi connectivity index (χ2v) is 3.06. The molecule has 1 aromatic carbocycles. The lowest BCUT2D eigenvalue weighted by Gasteiger charge is -2.05. The van der Waals surface area contributed by atoms with Crippen molar-refractivity contribution in [3.8, 4) is 0 Å². The predicted molar refractivity (Wildman–Crippen MR) is 50.8 cm³/mol. The van der Waals surface area contributed by atoms with Crippen LogP contribution in [0.3, 0.4) is 0 Å². The lowest BCUT2D eigenvalue weighted by molar-refractivity contribution is 0.0763. The summed E-state index contributed by atoms with van der Waals surface area (Å²) < 4.78 is 0. The van der Waals surface area contributed by atoms with Crippen LogP contribution in [0.2, 0.25) is 5.02 Å². The lowest BCUT2D eigenvalue weighted by Crippen LogP contribution is -2.29. The van der Waals surface area contributed by atoms with E-state index >= 15 is 0 Å². The Hall–Kier alpha value is -0.900. The average molecular weight is 200 g/mol. The van der Waals surface area contributed by atoms with Crippen LogP contribution < -0.4 is 5.73 Å². The molecule has 13 heavy (non-hydrogen) atoms. The molecule has 0 radical (unpaired) electrons. The number of benzene rings is 1. The van der Waals surface area contributed by atoms with Crippen LogP contribution in [0.4, 0.5) is 0 Å². The molecular weight excluding hydrogens is 190 g/mol. The molecule has 1 aromatic rings. The van der Waals surface area contributed by atoms with Gasteiger partial charge in [-0.15, -0.1) is 0 Å². The number of carbonyl (C=O) groups excluding carboxylic acids is 1. The molecule has 1 atom stereocenters. The van der Waals surface area contributed by atoms with E-state index in [-0.39, 0.29) is 12.3 Å². The molecule has 3 nitrogen and oxygen atoms in total. The van der Waals surface area contributed by atoms with Gasteiger partial charge < -0.3 is 10.8 Å². The quantitative estimate of drug-likeness (QED) is 0.710. The van der Waals surface area contributed by atoms with E-state index in [1.807, 2.05) is 0 Å². The highest BCUT2D eigenvalue weighted by Gasteiger charge is 2.14. The van der Waals surface area contributed by atoms with E-state index in [1.54, 1.807) is 24.3 Å². The van der Waals surface area contributed by atoms with Gasteiger partial charge in [-0.2, -0.15) is 0 Å². The first kappa shape index (κ1) is 10.2. The Kier molecular flexibility index (Phi) is 3.42. The molecule has 0 saturated heterocycles. The highest BCUT2D eigenvalue weighted by molar-refractivity contribution is 6.30. The predicted octanol–water partition coefficient (Wildman–Crippen LogP) is 0.842. The summed E-state index contributed by atoms with van der Waals surface area (Å²) in [5.41, 5.74) is 5.56. The van der Waals surface area contributed by atoms with E-state index in [0.717, 1.165) is 0 Å². The van der Waals surface area contributed by atoms with Crippen molar-refractivity contribution in [3.05, 3.63) is 34.9 Å². The Balaban J connectivity index is 2.83. The van der Waals surface area contributed by atoms with Crippen LogP contribution in [0, 0.1) is 0 Å². The average Bonchev–Trinajstić information content (AvgIpc) is 2.17. The number of hydrogen-bond acceptors (Lipinski definition) is 3. The zero-order chi connectivity index (χ0) is 9.84. The first-order valence-electron chi connectivity index (χ1n) is 3.83. The third kappa shape index (κ3) is 2.52. The molecule has 0 aliphatic rings. The number of aliphatic hydroxyl groups excluding tert-OH is 1. The summed E-state index contributed by atoms with van der Waals surface area (Å²) in [7, 11) is 0. The van der Waals surface area contributed by atoms with Crippen molar-refractivity contribution >= 4 is 17.4 Å². The molecule has 3 N–H and O–H groups in total. The maximum absolute atomic E-state index is 11.3. The molecule has 1 unspecified atom stereocenters. The van der Waals surface area contributed by atoms with Crippen molar-refractivity contribution in [2.75, 3.05) is 6.54 Å². The number of aliphatic hydroxyl groups is 1. The molecule has 0 amide bonds. The van der Waals surface area contributed by atoms with Gasteiger partial charge in [-0.1, -0.05) is 11.6 Å². The van der Waals surface area contributed by atoms with Crippen molar-refractivity contribution in [2.45, 2.75) is 6.10 Å². The Morgan fingerprint density at radius 2 is 2.00 bits per heavy atom. The number of rotatable bonds is 3. The molecule has 0 bridgehead atoms. The zero-order valence-corrected chi connectivity index (χ0v) is 7.66. The summed E-state index contributed by atoms with van der Waals surface area (Å²) in [6, 6.07) is 6.31. The highest BCUT2D eigenvalue weighted by atomic mass is 35.5. The molecular formula is C9H10ClNO2. The van der Waals surface area contributed by atoms with Crippen LogP contribution in [-0.2, 0) is 0 Å². The molecule has 0 aliphatic heterocycles. The summed E-state index contributed by atoms with van der Waals surface area (Å²) in [6.07, 6.45) is -1.12. The summed E-state index contributed by atoms with van der Waals surface area (Å²) in [6.45, 7) is -0.0680. The van der Waals surface area contributed by atoms with E-state index in [1.165, 1.54) is 0 Å². The third-order valence-corrected chi connectivity index (χ3v) is 1.91. The van der Waals surface area contributed by atoms with Gasteiger partial charge in [0, 0.05) is 17.1 Å². The molecule has 0 spiro atoms. The first-order valence-corrected chi connectivity index (χ1v) is 4.21. The van der Waals surface area contributed by atoms with Gasteiger partial charge in [-0.05, 0) is 24.3 Å². The highest BCUT2D eigenvalue weighted by Crippen LogP contribution is 2.10. The van der Waals surface area contributed by atoms with Crippen LogP contribution in [0.5, 0.6) is 0 Å². The smallest absolute Gasteiger partial charge is 0.192 e. The van der Waals surface area contributed by atoms with Gasteiger partial charge in [0.05, 0.1) is 0 Å². The van der Waals surface area contributed by atoms with Crippen LogP contribution in [0.15, 0.2) is 24.3 Å². The number of nitrogens with two attached hydrogens (primary N) is 1. The third-order valence-electron chi connectivity index (χ3n) is 1.65. The maximum atomic E-state index is 11.3. The van der Waals surface area contributed by atoms with Crippen molar-refractivity contribution in [2.24, 2.45) is 5.73 Å². The number of ketones is 1. The Morgan fingerprint density at radius 3 is 2.46 bits per heavy atom. The fraction of sp³-hybridized carbons (Fsp3) is 0.222. The lowest BCUT2D eigenvalue weighted by atomic mass is 10.1. The fourth-order valence-electron chi connectivity index (χ4n) is 0.914. The van der Waals surface area contributed by atoms with E-state index in [2.05, 4.69) is 0 Å². The van der Waals surface area contributed by atoms with Gasteiger partial charge in [0.1, 0.15) is 6.10 Å². The number of carbonyl (C=O) groups is 1. The first-order chi connectivity index (χ1) is 6.15. The number of halogens is 1. The van der Waals surface area contributed by atoms with Gasteiger partial charge in [0.2, 0.25) is 0 Å². The van der Waals surface area contributed by atoms with Crippen molar-refractivity contribution in [3.63, 3.8) is 0 Å². The summed E-state index contributed by atoms with van der Waals surface area (Å²) >= 11 is 5.63. The molecule has 0 aromatic heterocycles. The Labute approximate surface area is 81.1 Å². The molecule has 0 saturated carbocycles. The van der Waals surface area contributed by atoms with Gasteiger partial charge in [0.25, 0.3) is 0 Å². The second kappa shape index (κ2) is 4.37. The minimum Gasteiger partial charge on any atom is -0.384 e. The van der Waals surface area contributed by atoms with Crippen molar-refractivity contribution < 1.29 is 9.90 Å². The standard InChI is InChI=1S/C9H10ClNO2/c10-7-3-1-6(2-4-7)9(13)8(12)5-11/h1-4,8,12H,5,11H2. The molecule has 1 rings (SSSR count). The van der Waals surface area contributed by atoms with E-state index in [0.29, 0.717) is 10.6 Å². The minimum absolute atomic E-state index is 0.0680. The molecule has 0 heterocycles. The van der Waals surface area contributed by atoms with Gasteiger partial charge >= 0.3 is 0 Å². The van der Waals surface area contributed by atoms with Gasteiger partial charge in [-0.3, -0.25) is 4.79 Å². The van der Waals surface area contributed by atoms with E-state index in [4.69, 9.17) is 22.4 Å². The Bertz CT molecular complexity index is 297. The Morgan fingerprint density at radius 1 is 1.46 bits per heavy atom. The topological polar surface area (TPSA) is 63.3 Å². The SMILES string of the molecule is NCC(O)C(=O)c1ccc(Cl)cc1. The number of hydrogen-bond donors (Lipinski definition) is 2. The molecule has 70 valence electrons. The van der Waals surface area contributed by atoms with Crippen molar-refractivity contribution in [1.29, 1.82) is 0 Å². The minimum atomic E-state index is -1.12. The van der Waals surface area contributed by atoms with Crippen LogP contribution >= 0.6 is 11.6 Å². The summed E-state index contributed by atoms with van der Waals surface area (Å²) in [5, 5.41) is 9.70. The molecule has 4 heteroatoms. The van der Waals surface area contributed by atoms with Crippen LogP contribution in [-0.4, -0.2) is 23.5 Å². The summed E-state index contributed by atoms with van der Waals surface area (Å²) in [5.74, 6) is -0.376. The fourth-order valence-corrected chi connectivity index (χ4v) is 1.04. The zero-order valence-electron chi connectivity index (χ0n) is 6.90. The van der Waals surface area contributed by atoms with Gasteiger partial charge in [-0.25, -0.2) is 0 Å². The van der Waals surface area contributed by atoms with Crippen LogP contribution in [0.1, 0.15) is 10.4 Å². The largest absolute Gasteiger partial charge is 0.384 e. The normalized spacial score (nSPS) is 12.5. The molecule has 0 aliphatic carbocycles. The summed E-state index contributed by atoms with van der Waals surface area (Å²) in [4.78, 5) is 11.3. The van der Waals surface area contributed by atoms with E-state index in [9.17, 15) is 4.79 Å². The van der Waals surface area contributed by atoms with E-state index < -0.39 is 6.10 Å². The van der Waals surface area contributed by atoms with Crippen LogP contribution in [0.25, 0.3) is 0 Å². The molecule has 0 fully saturated rings.